The van der Waals surface area contributed by atoms with Crippen LogP contribution < -0.4 is 26.4 Å². The third-order valence-electron chi connectivity index (χ3n) is 11.6. The first kappa shape index (κ1) is 48.2. The third kappa shape index (κ3) is 11.8. The van der Waals surface area contributed by atoms with E-state index in [0.717, 1.165) is 37.8 Å². The second-order valence-electron chi connectivity index (χ2n) is 17.2. The van der Waals surface area contributed by atoms with Gasteiger partial charge in [0.1, 0.15) is 11.5 Å². The number of rotatable bonds is 21. The number of nitrogens with zero attached hydrogens (tertiary/aromatic N) is 2. The summed E-state index contributed by atoms with van der Waals surface area (Å²) in [5, 5.41) is 19.9. The average molecular weight is 897 g/mol. The Balaban J connectivity index is 1.20. The monoisotopic (exact) mass is 896 g/mol. The largest absolute Gasteiger partial charge is 0.506 e. The van der Waals surface area contributed by atoms with Gasteiger partial charge in [-0.25, -0.2) is 8.42 Å². The molecule has 1 unspecified atom stereocenters. The number of pyridine rings is 1. The number of nitrogens with one attached hydrogen (secondary N) is 3. The molecule has 63 heavy (non-hydrogen) atoms. The van der Waals surface area contributed by atoms with Crippen LogP contribution >= 0.6 is 0 Å². The van der Waals surface area contributed by atoms with E-state index in [4.69, 9.17) is 14.9 Å². The molecule has 14 nitrogen and oxygen atoms in total. The first-order valence-electron chi connectivity index (χ1n) is 20.9. The van der Waals surface area contributed by atoms with E-state index < -0.39 is 24.1 Å². The number of phenols is 1. The molecule has 1 aromatic heterocycles. The van der Waals surface area contributed by atoms with Crippen LogP contribution in [0, 0.1) is 6.92 Å². The van der Waals surface area contributed by atoms with Crippen LogP contribution in [0.15, 0.2) is 94.9 Å². The Morgan fingerprint density at radius 3 is 2.40 bits per heavy atom. The lowest BCUT2D eigenvalue weighted by atomic mass is 10.1. The Kier molecular flexibility index (Phi) is 15.8. The lowest BCUT2D eigenvalue weighted by Gasteiger charge is -2.39. The van der Waals surface area contributed by atoms with E-state index in [0.29, 0.717) is 58.8 Å². The standard InChI is InChI=1S/C47H60N6O8SSi/c1-31-23-37(27-38-43(31)50-28-39(45(48)56)44(38)52-34-16-14-17-35(26-34)60-6)62(58,59)36-18-13-15-33(24-36)46(57)53(5)22-12-10-9-11-21-49-29-42(61-63(7,8)47(2,3)4)32-19-20-41(55)40(25-32)51-30-54/h13-20,23-28,30,42,49,55H,9-12,21-22,29H2,1-8H3,(H2,48,56)(H,50,52)(H,51,54). The highest BCUT2D eigenvalue weighted by Crippen LogP contribution is 2.41. The number of aryl methyl sites for hydroxylation is 1. The molecule has 0 fully saturated rings. The first-order valence-corrected chi connectivity index (χ1v) is 25.3. The van der Waals surface area contributed by atoms with Gasteiger partial charge in [-0.2, -0.15) is 0 Å². The van der Waals surface area contributed by atoms with E-state index in [1.165, 1.54) is 37.6 Å². The van der Waals surface area contributed by atoms with Crippen LogP contribution in [0.5, 0.6) is 11.5 Å². The van der Waals surface area contributed by atoms with E-state index in [2.05, 4.69) is 54.8 Å². The van der Waals surface area contributed by atoms with Crippen molar-refractivity contribution in [1.82, 2.24) is 15.2 Å². The van der Waals surface area contributed by atoms with Gasteiger partial charge in [-0.15, -0.1) is 0 Å². The van der Waals surface area contributed by atoms with E-state index in [-0.39, 0.29) is 43.7 Å². The molecule has 0 bridgehead atoms. The Hall–Kier alpha value is -5.81. The molecular formula is C47H60N6O8SSi. The maximum atomic E-state index is 14.2. The number of anilines is 3. The highest BCUT2D eigenvalue weighted by atomic mass is 32.2. The maximum Gasteiger partial charge on any atom is 0.253 e. The van der Waals surface area contributed by atoms with Crippen LogP contribution in [-0.2, 0) is 19.1 Å². The van der Waals surface area contributed by atoms with Crippen molar-refractivity contribution in [2.24, 2.45) is 5.73 Å². The van der Waals surface area contributed by atoms with Crippen LogP contribution in [0.25, 0.3) is 10.9 Å². The Labute approximate surface area is 371 Å². The number of hydrogen-bond donors (Lipinski definition) is 5. The highest BCUT2D eigenvalue weighted by Gasteiger charge is 2.39. The zero-order valence-corrected chi connectivity index (χ0v) is 39.2. The topological polar surface area (TPSA) is 202 Å². The number of primary amides is 1. The summed E-state index contributed by atoms with van der Waals surface area (Å²) < 4.78 is 40.6. The molecule has 16 heteroatoms. The average Bonchev–Trinajstić information content (AvgIpc) is 3.24. The third-order valence-corrected chi connectivity index (χ3v) is 17.8. The van der Waals surface area contributed by atoms with Gasteiger partial charge in [-0.3, -0.25) is 19.4 Å². The van der Waals surface area contributed by atoms with Crippen LogP contribution in [0.4, 0.5) is 17.1 Å². The van der Waals surface area contributed by atoms with Crippen molar-refractivity contribution in [3.05, 3.63) is 107 Å². The molecule has 0 saturated heterocycles. The molecule has 0 radical (unpaired) electrons. The lowest BCUT2D eigenvalue weighted by Crippen LogP contribution is -2.43. The number of ether oxygens (including phenoxy) is 1. The van der Waals surface area contributed by atoms with Crippen molar-refractivity contribution in [1.29, 1.82) is 0 Å². The lowest BCUT2D eigenvalue weighted by molar-refractivity contribution is -0.105. The summed E-state index contributed by atoms with van der Waals surface area (Å²) in [5.74, 6) is -0.466. The predicted molar refractivity (Wildman–Crippen MR) is 250 cm³/mol. The fourth-order valence-corrected chi connectivity index (χ4v) is 9.60. The molecule has 1 heterocycles. The van der Waals surface area contributed by atoms with Crippen LogP contribution in [0.3, 0.4) is 0 Å². The fraction of sp³-hybridized carbons (Fsp3) is 0.362. The number of methoxy groups -OCH3 is 1. The van der Waals surface area contributed by atoms with Crippen LogP contribution in [0.1, 0.15) is 84.4 Å². The number of carbonyl (C=O) groups is 3. The van der Waals surface area contributed by atoms with Gasteiger partial charge < -0.3 is 40.9 Å². The first-order chi connectivity index (χ1) is 29.8. The minimum Gasteiger partial charge on any atom is -0.506 e. The summed E-state index contributed by atoms with van der Waals surface area (Å²) >= 11 is 0. The van der Waals surface area contributed by atoms with Crippen LogP contribution in [-0.4, -0.2) is 83.7 Å². The quantitative estimate of drug-likeness (QED) is 0.0205. The molecule has 0 aliphatic rings. The smallest absolute Gasteiger partial charge is 0.253 e. The van der Waals surface area contributed by atoms with Crippen molar-refractivity contribution in [2.75, 3.05) is 44.4 Å². The van der Waals surface area contributed by atoms with E-state index in [9.17, 15) is 27.9 Å². The summed E-state index contributed by atoms with van der Waals surface area (Å²) in [6, 6.07) is 21.2. The van der Waals surface area contributed by atoms with Crippen LogP contribution in [0.2, 0.25) is 18.1 Å². The van der Waals surface area contributed by atoms with Gasteiger partial charge in [-0.1, -0.05) is 51.8 Å². The number of benzene rings is 4. The molecule has 6 N–H and O–H groups in total. The van der Waals surface area contributed by atoms with Gasteiger partial charge in [-0.05, 0) is 110 Å². The van der Waals surface area contributed by atoms with Gasteiger partial charge in [0.25, 0.3) is 11.8 Å². The summed E-state index contributed by atoms with van der Waals surface area (Å²) in [7, 11) is -3.06. The van der Waals surface area contributed by atoms with Crippen molar-refractivity contribution >= 4 is 64.3 Å². The number of sulfone groups is 1. The molecular weight excluding hydrogens is 837 g/mol. The van der Waals surface area contributed by atoms with E-state index in [1.54, 1.807) is 67.4 Å². The van der Waals surface area contributed by atoms with Crippen molar-refractivity contribution in [3.8, 4) is 11.5 Å². The normalized spacial score (nSPS) is 12.4. The molecule has 0 aliphatic heterocycles. The molecule has 0 aliphatic carbocycles. The van der Waals surface area contributed by atoms with Crippen molar-refractivity contribution in [2.45, 2.75) is 87.4 Å². The molecule has 5 aromatic rings. The van der Waals surface area contributed by atoms with Crippen molar-refractivity contribution < 1.29 is 37.1 Å². The zero-order chi connectivity index (χ0) is 46.1. The predicted octanol–water partition coefficient (Wildman–Crippen LogP) is 8.49. The number of fused-ring (bicyclic) bond motifs is 1. The van der Waals surface area contributed by atoms with Gasteiger partial charge in [0.15, 0.2) is 8.32 Å². The second kappa shape index (κ2) is 20.6. The number of hydrogen-bond acceptors (Lipinski definition) is 11. The van der Waals surface area contributed by atoms with Gasteiger partial charge in [0.2, 0.25) is 16.2 Å². The zero-order valence-electron chi connectivity index (χ0n) is 37.4. The van der Waals surface area contributed by atoms with E-state index in [1.807, 2.05) is 6.07 Å². The SMILES string of the molecule is COc1cccc(Nc2c(C(N)=O)cnc3c(C)cc(S(=O)(=O)c4cccc(C(=O)N(C)CCCCCCNCC(O[Si](C)(C)C(C)(C)C)c5ccc(O)c(NC=O)c5)c4)cc23)c1. The molecule has 0 spiro atoms. The Bertz CT molecular complexity index is 2560. The Morgan fingerprint density at radius 1 is 0.968 bits per heavy atom. The number of phenolic OH excluding ortho intramolecular Hbond substituents is 1. The molecule has 1 atom stereocenters. The number of aromatic hydroxyl groups is 1. The number of amides is 3. The minimum absolute atomic E-state index is 0.0126. The second-order valence-corrected chi connectivity index (χ2v) is 23.9. The molecule has 5 rings (SSSR count). The summed E-state index contributed by atoms with van der Waals surface area (Å²) in [5.41, 5.74) is 9.22. The van der Waals surface area contributed by atoms with Gasteiger partial charge in [0, 0.05) is 49.0 Å². The number of unbranched alkanes of at least 4 members (excludes halogenated alkanes) is 3. The summed E-state index contributed by atoms with van der Waals surface area (Å²) in [6.45, 7) is 14.5. The van der Waals surface area contributed by atoms with Gasteiger partial charge >= 0.3 is 0 Å². The minimum atomic E-state index is -4.14. The number of carbonyl (C=O) groups excluding carboxylic acids is 3. The molecule has 0 saturated carbocycles. The highest BCUT2D eigenvalue weighted by molar-refractivity contribution is 7.91. The molecule has 4 aromatic carbocycles. The van der Waals surface area contributed by atoms with Gasteiger partial charge in [0.05, 0.1) is 45.5 Å². The maximum absolute atomic E-state index is 14.2. The summed E-state index contributed by atoms with van der Waals surface area (Å²) in [4.78, 5) is 43.2. The fourth-order valence-electron chi connectivity index (χ4n) is 6.90. The molecule has 336 valence electrons. The number of aromatic nitrogens is 1. The van der Waals surface area contributed by atoms with Crippen molar-refractivity contribution in [3.63, 3.8) is 0 Å². The molecule has 3 amide bonds. The van der Waals surface area contributed by atoms with E-state index >= 15 is 0 Å². The number of nitrogens with two attached hydrogens (primary N) is 1. The Morgan fingerprint density at radius 2 is 1.70 bits per heavy atom. The summed E-state index contributed by atoms with van der Waals surface area (Å²) in [6.07, 6.45) is 5.12.